The van der Waals surface area contributed by atoms with Crippen molar-refractivity contribution in [3.63, 3.8) is 0 Å². The van der Waals surface area contributed by atoms with Crippen LogP contribution in [0.3, 0.4) is 0 Å². The van der Waals surface area contributed by atoms with E-state index in [1.54, 1.807) is 0 Å². The molecule has 1 unspecified atom stereocenters. The minimum absolute atomic E-state index is 0.232. The molecule has 1 heterocycles. The Morgan fingerprint density at radius 3 is 2.12 bits per heavy atom. The van der Waals surface area contributed by atoms with Gasteiger partial charge in [0.2, 0.25) is 5.95 Å². The maximum Gasteiger partial charge on any atom is 0.224 e. The summed E-state index contributed by atoms with van der Waals surface area (Å²) < 4.78 is 0. The largest absolute Gasteiger partial charge is 0.368 e. The van der Waals surface area contributed by atoms with Gasteiger partial charge in [-0.25, -0.2) is 4.98 Å². The summed E-state index contributed by atoms with van der Waals surface area (Å²) in [4.78, 5) is 12.8. The molecule has 0 radical (unpaired) electrons. The lowest BCUT2D eigenvalue weighted by molar-refractivity contribution is 1.12. The molecule has 0 fully saturated rings. The van der Waals surface area contributed by atoms with Gasteiger partial charge in [-0.05, 0) is 38.4 Å². The second kappa shape index (κ2) is 4.83. The molecule has 24 heavy (non-hydrogen) atoms. The number of hydrogen-bond donors (Lipinski definition) is 1. The molecule has 4 aromatic carbocycles. The Morgan fingerprint density at radius 2 is 1.38 bits per heavy atom. The first-order valence-electron chi connectivity index (χ1n) is 7.65. The van der Waals surface area contributed by atoms with Crippen LogP contribution in [0.2, 0.25) is 0 Å². The maximum absolute atomic E-state index is 5.81. The van der Waals surface area contributed by atoms with Gasteiger partial charge in [-0.3, -0.25) is 0 Å². The summed E-state index contributed by atoms with van der Waals surface area (Å²) in [6.07, 6.45) is 0. The highest BCUT2D eigenvalue weighted by atomic mass is 31.0. The normalized spacial score (nSPS) is 11.7. The predicted molar refractivity (Wildman–Crippen MR) is 103 cm³/mol. The molecule has 0 amide bonds. The van der Waals surface area contributed by atoms with Crippen molar-refractivity contribution in [3.05, 3.63) is 54.6 Å². The van der Waals surface area contributed by atoms with Crippen molar-refractivity contribution in [2.45, 2.75) is 0 Å². The van der Waals surface area contributed by atoms with Gasteiger partial charge in [-0.2, -0.15) is 9.97 Å². The number of nitrogens with zero attached hydrogens (tertiary/aromatic N) is 3. The van der Waals surface area contributed by atoms with E-state index in [0.29, 0.717) is 11.4 Å². The second-order valence-electron chi connectivity index (χ2n) is 5.84. The number of hydrogen-bond acceptors (Lipinski definition) is 4. The molecule has 4 nitrogen and oxygen atoms in total. The van der Waals surface area contributed by atoms with Crippen LogP contribution in [-0.2, 0) is 0 Å². The van der Waals surface area contributed by atoms with Crippen LogP contribution in [-0.4, -0.2) is 15.0 Å². The van der Waals surface area contributed by atoms with Gasteiger partial charge in [0.15, 0.2) is 11.4 Å². The molecule has 2 N–H and O–H groups in total. The summed E-state index contributed by atoms with van der Waals surface area (Å²) in [6.45, 7) is 0. The van der Waals surface area contributed by atoms with E-state index in [-0.39, 0.29) is 5.95 Å². The summed E-state index contributed by atoms with van der Waals surface area (Å²) in [7, 11) is 2.48. The van der Waals surface area contributed by atoms with Gasteiger partial charge >= 0.3 is 0 Å². The maximum atomic E-state index is 5.81. The Bertz CT molecular complexity index is 1200. The van der Waals surface area contributed by atoms with E-state index in [1.165, 1.54) is 26.9 Å². The van der Waals surface area contributed by atoms with Gasteiger partial charge in [0.25, 0.3) is 0 Å². The molecule has 1 atom stereocenters. The SMILES string of the molecule is Nc1nc(P)nc(-c2ccc3ccc4cccc5ccc2c3c45)n1. The zero-order valence-corrected chi connectivity index (χ0v) is 13.8. The number of rotatable bonds is 1. The van der Waals surface area contributed by atoms with E-state index in [4.69, 9.17) is 5.73 Å². The monoisotopic (exact) mass is 328 g/mol. The van der Waals surface area contributed by atoms with Crippen LogP contribution in [0.4, 0.5) is 5.95 Å². The molecule has 0 aliphatic heterocycles. The summed E-state index contributed by atoms with van der Waals surface area (Å²) in [5, 5.41) is 7.35. The van der Waals surface area contributed by atoms with Crippen LogP contribution in [0.15, 0.2) is 54.6 Å². The highest BCUT2D eigenvalue weighted by molar-refractivity contribution is 7.26. The van der Waals surface area contributed by atoms with Gasteiger partial charge < -0.3 is 5.73 Å². The van der Waals surface area contributed by atoms with Crippen LogP contribution < -0.4 is 11.3 Å². The summed E-state index contributed by atoms with van der Waals surface area (Å²) >= 11 is 0. The van der Waals surface area contributed by atoms with Gasteiger partial charge in [-0.1, -0.05) is 57.8 Å². The van der Waals surface area contributed by atoms with Gasteiger partial charge in [0.1, 0.15) is 0 Å². The van der Waals surface area contributed by atoms with Gasteiger partial charge in [-0.15, -0.1) is 0 Å². The van der Waals surface area contributed by atoms with Crippen LogP contribution >= 0.6 is 9.24 Å². The third kappa shape index (κ3) is 1.87. The molecule has 0 aliphatic carbocycles. The van der Waals surface area contributed by atoms with Crippen LogP contribution in [0.5, 0.6) is 0 Å². The third-order valence-corrected chi connectivity index (χ3v) is 4.70. The lowest BCUT2D eigenvalue weighted by Crippen LogP contribution is -2.11. The molecular formula is C19H13N4P. The second-order valence-corrected chi connectivity index (χ2v) is 6.36. The lowest BCUT2D eigenvalue weighted by Gasteiger charge is -2.13. The average molecular weight is 328 g/mol. The molecule has 5 aromatic rings. The van der Waals surface area contributed by atoms with Crippen LogP contribution in [0.1, 0.15) is 0 Å². The quantitative estimate of drug-likeness (QED) is 0.378. The zero-order valence-electron chi connectivity index (χ0n) is 12.7. The van der Waals surface area contributed by atoms with E-state index in [1.807, 2.05) is 0 Å². The van der Waals surface area contributed by atoms with Crippen molar-refractivity contribution < 1.29 is 0 Å². The first-order chi connectivity index (χ1) is 11.7. The molecule has 0 spiro atoms. The van der Waals surface area contributed by atoms with Crippen molar-refractivity contribution in [1.29, 1.82) is 0 Å². The molecule has 5 rings (SSSR count). The topological polar surface area (TPSA) is 64.7 Å². The van der Waals surface area contributed by atoms with Crippen LogP contribution in [0.25, 0.3) is 43.7 Å². The highest BCUT2D eigenvalue weighted by Gasteiger charge is 2.14. The van der Waals surface area contributed by atoms with Gasteiger partial charge in [0, 0.05) is 5.56 Å². The molecule has 1 aromatic heterocycles. The fraction of sp³-hybridized carbons (Fsp3) is 0. The predicted octanol–water partition coefficient (Wildman–Crippen LogP) is 3.52. The molecule has 0 aliphatic rings. The number of anilines is 1. The molecule has 0 saturated carbocycles. The average Bonchev–Trinajstić information content (AvgIpc) is 2.58. The Morgan fingerprint density at radius 1 is 0.708 bits per heavy atom. The standard InChI is InChI=1S/C19H13N4P/c20-18-21-17(22-19(24)23-18)14-9-7-12-5-4-10-2-1-3-11-6-8-13(14)16(12)15(10)11/h1-9H,24H2,(H2,20,21,22,23). The van der Waals surface area contributed by atoms with E-state index < -0.39 is 0 Å². The molecule has 0 saturated heterocycles. The van der Waals surface area contributed by atoms with Crippen molar-refractivity contribution in [2.75, 3.05) is 5.73 Å². The number of aromatic nitrogens is 3. The lowest BCUT2D eigenvalue weighted by atomic mass is 9.92. The first-order valence-corrected chi connectivity index (χ1v) is 8.22. The Labute approximate surface area is 140 Å². The van der Waals surface area contributed by atoms with Crippen molar-refractivity contribution in [1.82, 2.24) is 15.0 Å². The fourth-order valence-corrected chi connectivity index (χ4v) is 3.71. The smallest absolute Gasteiger partial charge is 0.224 e. The Hall–Kier alpha value is -2.84. The van der Waals surface area contributed by atoms with E-state index in [2.05, 4.69) is 78.8 Å². The van der Waals surface area contributed by atoms with E-state index in [0.717, 1.165) is 10.9 Å². The molecule has 0 bridgehead atoms. The first kappa shape index (κ1) is 13.6. The fourth-order valence-electron chi connectivity index (χ4n) is 3.46. The van der Waals surface area contributed by atoms with Crippen LogP contribution in [0, 0.1) is 0 Å². The minimum Gasteiger partial charge on any atom is -0.368 e. The summed E-state index contributed by atoms with van der Waals surface area (Å²) in [6, 6.07) is 19.2. The Kier molecular flexibility index (Phi) is 2.73. The summed E-state index contributed by atoms with van der Waals surface area (Å²) in [5.74, 6) is 0.834. The number of benzene rings is 4. The summed E-state index contributed by atoms with van der Waals surface area (Å²) in [5.41, 5.74) is 7.33. The van der Waals surface area contributed by atoms with E-state index >= 15 is 0 Å². The third-order valence-electron chi connectivity index (χ3n) is 4.44. The van der Waals surface area contributed by atoms with Crippen molar-refractivity contribution in [3.8, 4) is 11.4 Å². The molecule has 5 heteroatoms. The molecule has 114 valence electrons. The van der Waals surface area contributed by atoms with Crippen molar-refractivity contribution >= 4 is 53.1 Å². The minimum atomic E-state index is 0.232. The number of nitrogens with two attached hydrogens (primary N) is 1. The highest BCUT2D eigenvalue weighted by Crippen LogP contribution is 2.38. The zero-order chi connectivity index (χ0) is 16.3. The Balaban J connectivity index is 1.97. The van der Waals surface area contributed by atoms with Gasteiger partial charge in [0.05, 0.1) is 0 Å². The molecular weight excluding hydrogens is 315 g/mol. The van der Waals surface area contributed by atoms with Crippen molar-refractivity contribution in [2.24, 2.45) is 0 Å². The van der Waals surface area contributed by atoms with E-state index in [9.17, 15) is 0 Å². The number of nitrogen functional groups attached to an aromatic ring is 1.